The van der Waals surface area contributed by atoms with Crippen LogP contribution in [0.2, 0.25) is 0 Å². The molecule has 0 aliphatic carbocycles. The summed E-state index contributed by atoms with van der Waals surface area (Å²) in [4.78, 5) is 0. The molecule has 0 aliphatic rings. The fourth-order valence-corrected chi connectivity index (χ4v) is 0.704. The maximum atomic E-state index is 4.96. The Hall–Kier alpha value is -0.700. The van der Waals surface area contributed by atoms with Gasteiger partial charge in [0.05, 0.1) is 14.2 Å². The van der Waals surface area contributed by atoms with Crippen molar-refractivity contribution in [2.75, 3.05) is 14.2 Å². The molecule has 0 aliphatic heterocycles. The van der Waals surface area contributed by atoms with Gasteiger partial charge in [-0.25, -0.2) is 0 Å². The van der Waals surface area contributed by atoms with Crippen LogP contribution in [-0.4, -0.2) is 14.2 Å². The molecule has 0 bridgehead atoms. The van der Waals surface area contributed by atoms with Crippen molar-refractivity contribution in [3.8, 4) is 0 Å². The Kier molecular flexibility index (Phi) is 4.70. The third kappa shape index (κ3) is 3.88. The number of allylic oxidation sites excluding steroid dienone is 2. The van der Waals surface area contributed by atoms with E-state index in [0.29, 0.717) is 16.0 Å². The monoisotopic (exact) mass is 218 g/mol. The third-order valence-electron chi connectivity index (χ3n) is 1.03. The Labute approximate surface area is 75.3 Å². The van der Waals surface area contributed by atoms with E-state index in [0.717, 1.165) is 0 Å². The largest absolute Gasteiger partial charge is 0.493 e. The summed E-state index contributed by atoms with van der Waals surface area (Å²) in [7, 11) is 3.08. The Morgan fingerprint density at radius 1 is 1.27 bits per heavy atom. The van der Waals surface area contributed by atoms with Gasteiger partial charge in [0.2, 0.25) is 0 Å². The minimum Gasteiger partial charge on any atom is -0.493 e. The zero-order valence-corrected chi connectivity index (χ0v) is 8.27. The summed E-state index contributed by atoms with van der Waals surface area (Å²) in [6, 6.07) is 0. The van der Waals surface area contributed by atoms with Crippen LogP contribution in [0.5, 0.6) is 0 Å². The second kappa shape index (κ2) is 5.02. The van der Waals surface area contributed by atoms with Crippen molar-refractivity contribution in [1.29, 1.82) is 0 Å². The molecule has 0 unspecified atom stereocenters. The van der Waals surface area contributed by atoms with Crippen LogP contribution in [0.25, 0.3) is 0 Å². The summed E-state index contributed by atoms with van der Waals surface area (Å²) >= 11 is 3.17. The molecule has 0 saturated heterocycles. The fraction of sp³-hybridized carbons (Fsp3) is 0.250. The average Bonchev–Trinajstić information content (AvgIpc) is 1.98. The second-order valence-corrected chi connectivity index (χ2v) is 2.81. The van der Waals surface area contributed by atoms with E-state index in [4.69, 9.17) is 9.47 Å². The molecule has 0 rings (SSSR count). The van der Waals surface area contributed by atoms with E-state index in [-0.39, 0.29) is 0 Å². The number of rotatable bonds is 4. The smallest absolute Gasteiger partial charge is 0.161 e. The highest BCUT2D eigenvalue weighted by Crippen LogP contribution is 2.14. The van der Waals surface area contributed by atoms with E-state index < -0.39 is 0 Å². The van der Waals surface area contributed by atoms with E-state index in [2.05, 4.69) is 29.1 Å². The molecule has 0 N–H and O–H groups in total. The van der Waals surface area contributed by atoms with Crippen molar-refractivity contribution >= 4 is 15.9 Å². The zero-order chi connectivity index (χ0) is 8.85. The normalized spacial score (nSPS) is 10.6. The Morgan fingerprint density at radius 2 is 1.82 bits per heavy atom. The van der Waals surface area contributed by atoms with Crippen LogP contribution in [0.3, 0.4) is 0 Å². The molecular weight excluding hydrogens is 208 g/mol. The van der Waals surface area contributed by atoms with Crippen LogP contribution >= 0.6 is 15.9 Å². The fourth-order valence-electron chi connectivity index (χ4n) is 0.496. The summed E-state index contributed by atoms with van der Waals surface area (Å²) in [6.07, 6.45) is 1.69. The van der Waals surface area contributed by atoms with Gasteiger partial charge < -0.3 is 9.47 Å². The average molecular weight is 219 g/mol. The van der Waals surface area contributed by atoms with Crippen molar-refractivity contribution in [2.45, 2.75) is 0 Å². The summed E-state index contributed by atoms with van der Waals surface area (Å²) < 4.78 is 10.5. The molecule has 0 radical (unpaired) electrons. The number of ether oxygens (including phenoxy) is 2. The van der Waals surface area contributed by atoms with Crippen molar-refractivity contribution in [3.63, 3.8) is 0 Å². The molecule has 11 heavy (non-hydrogen) atoms. The molecule has 62 valence electrons. The van der Waals surface area contributed by atoms with Crippen LogP contribution in [0.15, 0.2) is 35.2 Å². The first-order valence-corrected chi connectivity index (χ1v) is 3.74. The molecule has 0 saturated carbocycles. The molecule has 0 atom stereocenters. The highest BCUT2D eigenvalue weighted by atomic mass is 79.9. The summed E-state index contributed by atoms with van der Waals surface area (Å²) in [5, 5.41) is 0. The summed E-state index contributed by atoms with van der Waals surface area (Å²) in [6.45, 7) is 7.24. The predicted molar refractivity (Wildman–Crippen MR) is 49.3 cm³/mol. The molecule has 0 aromatic carbocycles. The minimum absolute atomic E-state index is 0.480. The summed E-state index contributed by atoms with van der Waals surface area (Å²) in [5.74, 6) is 1.04. The highest BCUT2D eigenvalue weighted by Gasteiger charge is 2.00. The van der Waals surface area contributed by atoms with Crippen molar-refractivity contribution in [2.24, 2.45) is 0 Å². The van der Waals surface area contributed by atoms with Gasteiger partial charge in [0.15, 0.2) is 11.5 Å². The maximum absolute atomic E-state index is 4.96. The molecule has 0 aromatic rings. The first-order chi connectivity index (χ1) is 5.11. The first-order valence-electron chi connectivity index (χ1n) is 2.95. The number of hydrogen-bond donors (Lipinski definition) is 0. The van der Waals surface area contributed by atoms with Gasteiger partial charge in [-0.2, -0.15) is 0 Å². The Balaban J connectivity index is 4.39. The number of methoxy groups -OCH3 is 2. The topological polar surface area (TPSA) is 18.5 Å². The number of hydrogen-bond acceptors (Lipinski definition) is 2. The summed E-state index contributed by atoms with van der Waals surface area (Å²) in [5.41, 5.74) is 0. The van der Waals surface area contributed by atoms with Gasteiger partial charge in [-0.05, 0) is 6.08 Å². The van der Waals surface area contributed by atoms with Gasteiger partial charge in [0.25, 0.3) is 0 Å². The van der Waals surface area contributed by atoms with E-state index in [1.807, 2.05) is 0 Å². The predicted octanol–water partition coefficient (Wildman–Crippen LogP) is 2.59. The molecule has 0 amide bonds. The van der Waals surface area contributed by atoms with Gasteiger partial charge >= 0.3 is 0 Å². The van der Waals surface area contributed by atoms with Gasteiger partial charge in [0.1, 0.15) is 0 Å². The zero-order valence-electron chi connectivity index (χ0n) is 6.69. The maximum Gasteiger partial charge on any atom is 0.161 e. The Morgan fingerprint density at radius 3 is 2.09 bits per heavy atom. The van der Waals surface area contributed by atoms with Gasteiger partial charge in [0, 0.05) is 4.48 Å². The standard InChI is InChI=1S/C8H11BrO2/c1-6(9)5-8(11-4)7(2)10-3/h5H,1-2H2,3-4H3/b8-5+. The lowest BCUT2D eigenvalue weighted by Gasteiger charge is -2.06. The van der Waals surface area contributed by atoms with E-state index in [9.17, 15) is 0 Å². The lowest BCUT2D eigenvalue weighted by Crippen LogP contribution is -1.93. The van der Waals surface area contributed by atoms with Crippen LogP contribution in [0.1, 0.15) is 0 Å². The molecule has 3 heteroatoms. The molecule has 2 nitrogen and oxygen atoms in total. The number of halogens is 1. The van der Waals surface area contributed by atoms with Crippen molar-refractivity contribution in [3.05, 3.63) is 35.2 Å². The third-order valence-corrected chi connectivity index (χ3v) is 1.26. The van der Waals surface area contributed by atoms with Crippen molar-refractivity contribution in [1.82, 2.24) is 0 Å². The first kappa shape index (κ1) is 10.3. The van der Waals surface area contributed by atoms with Crippen LogP contribution < -0.4 is 0 Å². The van der Waals surface area contributed by atoms with Gasteiger partial charge in [-0.3, -0.25) is 0 Å². The second-order valence-electron chi connectivity index (χ2n) is 1.79. The molecular formula is C8H11BrO2. The SMILES string of the molecule is C=C(Br)/C=C(/OC)C(=C)OC. The van der Waals surface area contributed by atoms with Gasteiger partial charge in [-0.15, -0.1) is 0 Å². The molecule has 0 fully saturated rings. The van der Waals surface area contributed by atoms with E-state index in [1.165, 1.54) is 7.11 Å². The van der Waals surface area contributed by atoms with Crippen LogP contribution in [0.4, 0.5) is 0 Å². The lowest BCUT2D eigenvalue weighted by atomic mass is 10.4. The van der Waals surface area contributed by atoms with Gasteiger partial charge in [-0.1, -0.05) is 29.1 Å². The molecule has 0 spiro atoms. The molecule has 0 aromatic heterocycles. The highest BCUT2D eigenvalue weighted by molar-refractivity contribution is 9.11. The van der Waals surface area contributed by atoms with Crippen molar-refractivity contribution < 1.29 is 9.47 Å². The van der Waals surface area contributed by atoms with E-state index in [1.54, 1.807) is 13.2 Å². The minimum atomic E-state index is 0.480. The Bertz CT molecular complexity index is 194. The van der Waals surface area contributed by atoms with Crippen LogP contribution in [-0.2, 0) is 9.47 Å². The van der Waals surface area contributed by atoms with Crippen LogP contribution in [0, 0.1) is 0 Å². The molecule has 0 heterocycles. The quantitative estimate of drug-likeness (QED) is 0.534. The lowest BCUT2D eigenvalue weighted by molar-refractivity contribution is 0.221. The van der Waals surface area contributed by atoms with E-state index >= 15 is 0 Å².